The van der Waals surface area contributed by atoms with Gasteiger partial charge in [-0.2, -0.15) is 0 Å². The molecular weight excluding hydrogens is 230 g/mol. The molecule has 1 aromatic carbocycles. The third kappa shape index (κ3) is 2.01. The van der Waals surface area contributed by atoms with Crippen LogP contribution in [0.3, 0.4) is 0 Å². The summed E-state index contributed by atoms with van der Waals surface area (Å²) in [5, 5.41) is 10.6. The second kappa shape index (κ2) is 4.64. The SMILES string of the molecule is CC(C)C(C(=O)O)n1ccc2ccccc2c1=O. The van der Waals surface area contributed by atoms with Gasteiger partial charge in [0.15, 0.2) is 0 Å². The fourth-order valence-corrected chi connectivity index (χ4v) is 2.15. The van der Waals surface area contributed by atoms with Gasteiger partial charge in [0.1, 0.15) is 6.04 Å². The summed E-state index contributed by atoms with van der Waals surface area (Å²) in [6.45, 7) is 3.58. The maximum Gasteiger partial charge on any atom is 0.327 e. The average Bonchev–Trinajstić information content (AvgIpc) is 2.32. The number of fused-ring (bicyclic) bond motifs is 1. The van der Waals surface area contributed by atoms with Crippen LogP contribution in [-0.2, 0) is 4.79 Å². The van der Waals surface area contributed by atoms with Crippen molar-refractivity contribution in [2.75, 3.05) is 0 Å². The topological polar surface area (TPSA) is 59.3 Å². The number of hydrogen-bond donors (Lipinski definition) is 1. The molecule has 4 nitrogen and oxygen atoms in total. The Labute approximate surface area is 104 Å². The predicted octanol–water partition coefficient (Wildman–Crippen LogP) is 2.28. The second-order valence-electron chi connectivity index (χ2n) is 4.64. The molecule has 0 saturated carbocycles. The first-order valence-corrected chi connectivity index (χ1v) is 5.85. The molecule has 18 heavy (non-hydrogen) atoms. The van der Waals surface area contributed by atoms with Crippen LogP contribution in [0.4, 0.5) is 0 Å². The summed E-state index contributed by atoms with van der Waals surface area (Å²) in [5.41, 5.74) is -0.255. The van der Waals surface area contributed by atoms with Crippen LogP contribution in [0.15, 0.2) is 41.3 Å². The molecule has 0 amide bonds. The molecular formula is C14H15NO3. The quantitative estimate of drug-likeness (QED) is 0.902. The highest BCUT2D eigenvalue weighted by molar-refractivity contribution is 5.82. The van der Waals surface area contributed by atoms with Crippen LogP contribution in [0, 0.1) is 5.92 Å². The van der Waals surface area contributed by atoms with Crippen molar-refractivity contribution in [2.45, 2.75) is 19.9 Å². The van der Waals surface area contributed by atoms with Crippen molar-refractivity contribution in [2.24, 2.45) is 5.92 Å². The monoisotopic (exact) mass is 245 g/mol. The van der Waals surface area contributed by atoms with Crippen LogP contribution in [-0.4, -0.2) is 15.6 Å². The van der Waals surface area contributed by atoms with E-state index in [1.165, 1.54) is 4.57 Å². The van der Waals surface area contributed by atoms with E-state index in [4.69, 9.17) is 0 Å². The Morgan fingerprint density at radius 3 is 2.50 bits per heavy atom. The van der Waals surface area contributed by atoms with Crippen molar-refractivity contribution in [3.63, 3.8) is 0 Å². The average molecular weight is 245 g/mol. The van der Waals surface area contributed by atoms with Gasteiger partial charge in [-0.15, -0.1) is 0 Å². The van der Waals surface area contributed by atoms with Crippen molar-refractivity contribution in [3.8, 4) is 0 Å². The highest BCUT2D eigenvalue weighted by atomic mass is 16.4. The fourth-order valence-electron chi connectivity index (χ4n) is 2.15. The molecule has 2 rings (SSSR count). The third-order valence-corrected chi connectivity index (χ3v) is 3.02. The second-order valence-corrected chi connectivity index (χ2v) is 4.64. The van der Waals surface area contributed by atoms with Crippen molar-refractivity contribution >= 4 is 16.7 Å². The zero-order chi connectivity index (χ0) is 13.3. The smallest absolute Gasteiger partial charge is 0.327 e. The lowest BCUT2D eigenvalue weighted by molar-refractivity contribution is -0.142. The molecule has 1 heterocycles. The van der Waals surface area contributed by atoms with Crippen LogP contribution in [0.1, 0.15) is 19.9 Å². The Morgan fingerprint density at radius 2 is 1.89 bits per heavy atom. The lowest BCUT2D eigenvalue weighted by Gasteiger charge is -2.19. The molecule has 0 aliphatic rings. The highest BCUT2D eigenvalue weighted by Crippen LogP contribution is 2.18. The number of rotatable bonds is 3. The highest BCUT2D eigenvalue weighted by Gasteiger charge is 2.24. The molecule has 1 unspecified atom stereocenters. The van der Waals surface area contributed by atoms with Gasteiger partial charge in [-0.25, -0.2) is 4.79 Å². The largest absolute Gasteiger partial charge is 0.480 e. The molecule has 0 spiro atoms. The number of carboxylic acid groups (broad SMARTS) is 1. The number of carbonyl (C=O) groups is 1. The number of nitrogens with zero attached hydrogens (tertiary/aromatic N) is 1. The molecule has 0 radical (unpaired) electrons. The molecule has 2 aromatic rings. The Kier molecular flexibility index (Phi) is 3.19. The number of benzene rings is 1. The normalized spacial score (nSPS) is 12.8. The lowest BCUT2D eigenvalue weighted by Crippen LogP contribution is -2.32. The summed E-state index contributed by atoms with van der Waals surface area (Å²) < 4.78 is 1.30. The van der Waals surface area contributed by atoms with Crippen LogP contribution >= 0.6 is 0 Å². The maximum absolute atomic E-state index is 12.3. The number of aliphatic carboxylic acids is 1. The van der Waals surface area contributed by atoms with Gasteiger partial charge in [0, 0.05) is 11.6 Å². The minimum absolute atomic E-state index is 0.152. The van der Waals surface area contributed by atoms with E-state index in [1.807, 2.05) is 12.1 Å². The van der Waals surface area contributed by atoms with Gasteiger partial charge < -0.3 is 9.67 Å². The first kappa shape index (κ1) is 12.4. The van der Waals surface area contributed by atoms with E-state index in [0.717, 1.165) is 5.39 Å². The zero-order valence-corrected chi connectivity index (χ0v) is 10.3. The van der Waals surface area contributed by atoms with E-state index in [9.17, 15) is 14.7 Å². The van der Waals surface area contributed by atoms with E-state index in [0.29, 0.717) is 5.39 Å². The van der Waals surface area contributed by atoms with E-state index in [1.54, 1.807) is 38.2 Å². The van der Waals surface area contributed by atoms with Gasteiger partial charge in [0.2, 0.25) is 0 Å². The van der Waals surface area contributed by atoms with Crippen LogP contribution in [0.5, 0.6) is 0 Å². The van der Waals surface area contributed by atoms with Crippen molar-refractivity contribution < 1.29 is 9.90 Å². The molecule has 1 atom stereocenters. The fraction of sp³-hybridized carbons (Fsp3) is 0.286. The summed E-state index contributed by atoms with van der Waals surface area (Å²) in [7, 11) is 0. The lowest BCUT2D eigenvalue weighted by atomic mass is 10.0. The summed E-state index contributed by atoms with van der Waals surface area (Å²) in [5.74, 6) is -1.14. The molecule has 0 saturated heterocycles. The molecule has 0 fully saturated rings. The summed E-state index contributed by atoms with van der Waals surface area (Å²) in [4.78, 5) is 23.5. The Balaban J connectivity index is 2.68. The summed E-state index contributed by atoms with van der Waals surface area (Å²) in [6, 6.07) is 8.12. The van der Waals surface area contributed by atoms with Crippen LogP contribution in [0.2, 0.25) is 0 Å². The molecule has 0 bridgehead atoms. The van der Waals surface area contributed by atoms with Gasteiger partial charge >= 0.3 is 5.97 Å². The Morgan fingerprint density at radius 1 is 1.22 bits per heavy atom. The summed E-state index contributed by atoms with van der Waals surface area (Å²) in [6.07, 6.45) is 1.56. The van der Waals surface area contributed by atoms with Crippen molar-refractivity contribution in [1.82, 2.24) is 4.57 Å². The van der Waals surface area contributed by atoms with E-state index >= 15 is 0 Å². The molecule has 1 aromatic heterocycles. The van der Waals surface area contributed by atoms with Gasteiger partial charge in [-0.05, 0) is 23.4 Å². The van der Waals surface area contributed by atoms with Gasteiger partial charge in [-0.1, -0.05) is 32.0 Å². The Bertz CT molecular complexity index is 643. The zero-order valence-electron chi connectivity index (χ0n) is 10.3. The van der Waals surface area contributed by atoms with Crippen LogP contribution < -0.4 is 5.56 Å². The first-order valence-electron chi connectivity index (χ1n) is 5.85. The first-order chi connectivity index (χ1) is 8.52. The maximum atomic E-state index is 12.3. The molecule has 0 aliphatic heterocycles. The van der Waals surface area contributed by atoms with E-state index < -0.39 is 12.0 Å². The minimum atomic E-state index is -0.984. The molecule has 1 N–H and O–H groups in total. The van der Waals surface area contributed by atoms with Gasteiger partial charge in [0.25, 0.3) is 5.56 Å². The predicted molar refractivity (Wildman–Crippen MR) is 69.7 cm³/mol. The summed E-state index contributed by atoms with van der Waals surface area (Å²) >= 11 is 0. The van der Waals surface area contributed by atoms with Gasteiger partial charge in [0.05, 0.1) is 0 Å². The standard InChI is InChI=1S/C14H15NO3/c1-9(2)12(14(17)18)15-8-7-10-5-3-4-6-11(10)13(15)16/h3-9,12H,1-2H3,(H,17,18). The molecule has 4 heteroatoms. The third-order valence-electron chi connectivity index (χ3n) is 3.02. The van der Waals surface area contributed by atoms with Crippen molar-refractivity contribution in [1.29, 1.82) is 0 Å². The van der Waals surface area contributed by atoms with Crippen molar-refractivity contribution in [3.05, 3.63) is 46.9 Å². The van der Waals surface area contributed by atoms with E-state index in [2.05, 4.69) is 0 Å². The number of hydrogen-bond acceptors (Lipinski definition) is 2. The van der Waals surface area contributed by atoms with E-state index in [-0.39, 0.29) is 11.5 Å². The Hall–Kier alpha value is -2.10. The van der Waals surface area contributed by atoms with Gasteiger partial charge in [-0.3, -0.25) is 4.79 Å². The molecule has 0 aliphatic carbocycles. The number of aromatic nitrogens is 1. The van der Waals surface area contributed by atoms with Crippen LogP contribution in [0.25, 0.3) is 10.8 Å². The molecule has 94 valence electrons. The minimum Gasteiger partial charge on any atom is -0.480 e. The number of carboxylic acids is 1. The number of pyridine rings is 1.